The third-order valence-electron chi connectivity index (χ3n) is 7.21. The fourth-order valence-electron chi connectivity index (χ4n) is 5.01. The van der Waals surface area contributed by atoms with E-state index in [1.165, 1.54) is 11.8 Å². The molecule has 0 aliphatic carbocycles. The van der Waals surface area contributed by atoms with E-state index in [-0.39, 0.29) is 35.3 Å². The average molecular weight is 619 g/mol. The van der Waals surface area contributed by atoms with E-state index in [2.05, 4.69) is 5.32 Å². The number of halogens is 1. The number of carbonyl (C=O) groups is 2. The number of methoxy groups -OCH3 is 2. The molecule has 4 aromatic rings. The van der Waals surface area contributed by atoms with Crippen LogP contribution < -0.4 is 19.7 Å². The molecule has 0 spiro atoms. The molecule has 3 aromatic carbocycles. The first-order valence-electron chi connectivity index (χ1n) is 14.1. The number of amides is 2. The Kier molecular flexibility index (Phi) is 9.32. The van der Waals surface area contributed by atoms with Crippen molar-refractivity contribution in [3.8, 4) is 28.4 Å². The topological polar surface area (TPSA) is 85.7 Å². The highest BCUT2D eigenvalue weighted by molar-refractivity contribution is 8.00. The summed E-state index contributed by atoms with van der Waals surface area (Å²) in [7, 11) is 3.24. The molecule has 43 heavy (non-hydrogen) atoms. The average Bonchev–Trinajstić information content (AvgIpc) is 3.32. The molecule has 1 atom stereocenters. The summed E-state index contributed by atoms with van der Waals surface area (Å²) in [5.41, 5.74) is 5.00. The van der Waals surface area contributed by atoms with Crippen LogP contribution in [0.2, 0.25) is 5.02 Å². The van der Waals surface area contributed by atoms with Crippen LogP contribution in [-0.2, 0) is 9.59 Å². The van der Waals surface area contributed by atoms with Gasteiger partial charge in [-0.1, -0.05) is 55.3 Å². The number of hydrogen-bond donors (Lipinski definition) is 1. The Labute approximate surface area is 261 Å². The van der Waals surface area contributed by atoms with Gasteiger partial charge >= 0.3 is 0 Å². The number of anilines is 1. The minimum Gasteiger partial charge on any atom is -0.497 e. The van der Waals surface area contributed by atoms with E-state index in [0.29, 0.717) is 34.6 Å². The Balaban J connectivity index is 1.81. The number of fused-ring (bicyclic) bond motifs is 1. The van der Waals surface area contributed by atoms with Crippen molar-refractivity contribution in [2.24, 2.45) is 5.92 Å². The van der Waals surface area contributed by atoms with Gasteiger partial charge in [-0.05, 0) is 55.3 Å². The molecule has 5 rings (SSSR count). The van der Waals surface area contributed by atoms with Crippen molar-refractivity contribution in [2.75, 3.05) is 38.0 Å². The predicted molar refractivity (Wildman–Crippen MR) is 173 cm³/mol. The first kappa shape index (κ1) is 30.5. The maximum atomic E-state index is 13.9. The van der Waals surface area contributed by atoms with Crippen LogP contribution in [0.1, 0.15) is 35.8 Å². The number of nitrogens with one attached hydrogen (secondary N) is 1. The van der Waals surface area contributed by atoms with E-state index in [9.17, 15) is 9.59 Å². The fourth-order valence-corrected chi connectivity index (χ4v) is 6.35. The molecule has 1 aromatic heterocycles. The van der Waals surface area contributed by atoms with E-state index in [1.807, 2.05) is 87.5 Å². The maximum Gasteiger partial charge on any atom is 0.240 e. The Bertz CT molecular complexity index is 1620. The number of ether oxygens (including phenoxy) is 2. The fraction of sp³-hybridized carbons (Fsp3) is 0.303. The number of aromatic nitrogens is 2. The molecule has 8 nitrogen and oxygen atoms in total. The SMILES string of the molecule is COc1ccc(OC)c(C2SCC(=O)N(CC(=O)NCC(C)C)c3c2c(-c2ccc(Cl)cc2)nn3-c2ccc(C)cc2)c1. The van der Waals surface area contributed by atoms with Crippen molar-refractivity contribution in [3.63, 3.8) is 0 Å². The lowest BCUT2D eigenvalue weighted by atomic mass is 9.98. The summed E-state index contributed by atoms with van der Waals surface area (Å²) >= 11 is 7.75. The van der Waals surface area contributed by atoms with E-state index in [0.717, 1.165) is 27.9 Å². The summed E-state index contributed by atoms with van der Waals surface area (Å²) < 4.78 is 13.2. The smallest absolute Gasteiger partial charge is 0.240 e. The molecule has 0 fully saturated rings. The quantitative estimate of drug-likeness (QED) is 0.232. The van der Waals surface area contributed by atoms with Gasteiger partial charge in [0.05, 0.1) is 36.6 Å². The van der Waals surface area contributed by atoms with Crippen LogP contribution in [0.4, 0.5) is 5.82 Å². The first-order chi connectivity index (χ1) is 20.7. The van der Waals surface area contributed by atoms with Gasteiger partial charge in [0, 0.05) is 28.3 Å². The molecule has 10 heteroatoms. The molecule has 1 N–H and O–H groups in total. The zero-order chi connectivity index (χ0) is 30.7. The van der Waals surface area contributed by atoms with Gasteiger partial charge in [0.2, 0.25) is 11.8 Å². The molecule has 224 valence electrons. The molecule has 0 bridgehead atoms. The van der Waals surface area contributed by atoms with Crippen molar-refractivity contribution >= 4 is 41.0 Å². The highest BCUT2D eigenvalue weighted by atomic mass is 35.5. The van der Waals surface area contributed by atoms with Gasteiger partial charge in [0.15, 0.2) is 0 Å². The summed E-state index contributed by atoms with van der Waals surface area (Å²) in [5.74, 6) is 1.85. The summed E-state index contributed by atoms with van der Waals surface area (Å²) in [6, 6.07) is 21.1. The molecule has 0 radical (unpaired) electrons. The Morgan fingerprint density at radius 3 is 2.44 bits per heavy atom. The lowest BCUT2D eigenvalue weighted by Gasteiger charge is -2.24. The Morgan fingerprint density at radius 1 is 1.07 bits per heavy atom. The molecule has 0 saturated carbocycles. The van der Waals surface area contributed by atoms with Gasteiger partial charge in [-0.2, -0.15) is 5.10 Å². The third kappa shape index (κ3) is 6.53. The van der Waals surface area contributed by atoms with Crippen molar-refractivity contribution < 1.29 is 19.1 Å². The number of carbonyl (C=O) groups excluding carboxylic acids is 2. The zero-order valence-corrected chi connectivity index (χ0v) is 26.5. The van der Waals surface area contributed by atoms with Gasteiger partial charge in [-0.25, -0.2) is 4.68 Å². The lowest BCUT2D eigenvalue weighted by Crippen LogP contribution is -2.43. The monoisotopic (exact) mass is 618 g/mol. The molecular weight excluding hydrogens is 584 g/mol. The first-order valence-corrected chi connectivity index (χ1v) is 15.5. The number of aryl methyl sites for hydroxylation is 1. The number of thioether (sulfide) groups is 1. The van der Waals surface area contributed by atoms with Crippen LogP contribution in [0.25, 0.3) is 16.9 Å². The van der Waals surface area contributed by atoms with Gasteiger partial charge in [0.1, 0.15) is 23.9 Å². The van der Waals surface area contributed by atoms with E-state index in [1.54, 1.807) is 23.8 Å². The number of rotatable bonds is 9. The normalized spacial score (nSPS) is 14.8. The largest absolute Gasteiger partial charge is 0.497 e. The molecule has 0 saturated heterocycles. The van der Waals surface area contributed by atoms with Crippen LogP contribution in [0, 0.1) is 12.8 Å². The van der Waals surface area contributed by atoms with E-state index in [4.69, 9.17) is 26.2 Å². The van der Waals surface area contributed by atoms with Gasteiger partial charge in [0.25, 0.3) is 0 Å². The molecular formula is C33H35ClN4O4S. The molecule has 1 aliphatic rings. The standard InChI is InChI=1S/C33H35ClN4O4S/c1-20(2)17-35-28(39)18-37-29(40)19-43-32(26-16-25(41-4)14-15-27(26)42-5)30-31(22-8-10-23(34)11-9-22)36-38(33(30)37)24-12-6-21(3)7-13-24/h6-16,20,32H,17-19H2,1-5H3,(H,35,39). The zero-order valence-electron chi connectivity index (χ0n) is 24.9. The van der Waals surface area contributed by atoms with Crippen LogP contribution >= 0.6 is 23.4 Å². The minimum absolute atomic E-state index is 0.140. The number of hydrogen-bond acceptors (Lipinski definition) is 6. The molecule has 1 unspecified atom stereocenters. The van der Waals surface area contributed by atoms with Crippen molar-refractivity contribution in [1.29, 1.82) is 0 Å². The van der Waals surface area contributed by atoms with Gasteiger partial charge in [-0.15, -0.1) is 11.8 Å². The van der Waals surface area contributed by atoms with E-state index < -0.39 is 0 Å². The second-order valence-corrected chi connectivity index (χ2v) is 12.3. The predicted octanol–water partition coefficient (Wildman–Crippen LogP) is 6.46. The van der Waals surface area contributed by atoms with Gasteiger partial charge in [-0.3, -0.25) is 14.5 Å². The molecule has 1 aliphatic heterocycles. The summed E-state index contributed by atoms with van der Waals surface area (Å²) in [5, 5.41) is 8.33. The Morgan fingerprint density at radius 2 is 1.79 bits per heavy atom. The van der Waals surface area contributed by atoms with Crippen LogP contribution in [0.5, 0.6) is 11.5 Å². The maximum absolute atomic E-state index is 13.9. The van der Waals surface area contributed by atoms with Crippen molar-refractivity contribution in [2.45, 2.75) is 26.0 Å². The number of nitrogens with zero attached hydrogens (tertiary/aromatic N) is 3. The van der Waals surface area contributed by atoms with Crippen LogP contribution in [-0.4, -0.2) is 54.7 Å². The van der Waals surface area contributed by atoms with Crippen LogP contribution in [0.15, 0.2) is 66.7 Å². The summed E-state index contributed by atoms with van der Waals surface area (Å²) in [4.78, 5) is 28.7. The third-order valence-corrected chi connectivity index (χ3v) is 8.70. The van der Waals surface area contributed by atoms with Gasteiger partial charge < -0.3 is 14.8 Å². The second kappa shape index (κ2) is 13.1. The number of benzene rings is 3. The highest BCUT2D eigenvalue weighted by Gasteiger charge is 2.38. The second-order valence-electron chi connectivity index (χ2n) is 10.8. The molecule has 2 amide bonds. The lowest BCUT2D eigenvalue weighted by molar-refractivity contribution is -0.123. The van der Waals surface area contributed by atoms with E-state index >= 15 is 0 Å². The van der Waals surface area contributed by atoms with Crippen molar-refractivity contribution in [1.82, 2.24) is 15.1 Å². The molecule has 2 heterocycles. The summed E-state index contributed by atoms with van der Waals surface area (Å²) in [6.07, 6.45) is 0. The minimum atomic E-state index is -0.377. The highest BCUT2D eigenvalue weighted by Crippen LogP contribution is 2.51. The summed E-state index contributed by atoms with van der Waals surface area (Å²) in [6.45, 7) is 6.45. The van der Waals surface area contributed by atoms with Crippen LogP contribution in [0.3, 0.4) is 0 Å². The van der Waals surface area contributed by atoms with Crippen molar-refractivity contribution in [3.05, 3.63) is 88.4 Å². The Hall–Kier alpha value is -3.95.